The van der Waals surface area contributed by atoms with E-state index in [9.17, 15) is 57.8 Å². The Morgan fingerprint density at radius 1 is 0.627 bits per heavy atom. The van der Waals surface area contributed by atoms with Crippen LogP contribution < -0.4 is 11.3 Å². The summed E-state index contributed by atoms with van der Waals surface area (Å²) in [4.78, 5) is 25.0. The lowest BCUT2D eigenvalue weighted by atomic mass is 9.99. The van der Waals surface area contributed by atoms with Gasteiger partial charge >= 0.3 is 11.3 Å². The Hall–Kier alpha value is -3.47. The number of aliphatic hydroxyl groups is 6. The maximum Gasteiger partial charge on any atom is 0.341 e. The number of hydrogen-bond acceptors (Lipinski definition) is 15. The third kappa shape index (κ3) is 7.29. The van der Waals surface area contributed by atoms with E-state index in [0.717, 1.165) is 36.4 Å². The molecule has 2 aliphatic rings. The van der Waals surface area contributed by atoms with E-state index in [0.29, 0.717) is 11.8 Å². The molecular weight excluding hydrogens is 716 g/mol. The van der Waals surface area contributed by atoms with Crippen LogP contribution in [0.15, 0.2) is 54.8 Å². The second-order valence-corrected chi connectivity index (χ2v) is 13.0. The molecule has 51 heavy (non-hydrogen) atoms. The zero-order chi connectivity index (χ0) is 36.7. The first kappa shape index (κ1) is 37.3. The molecule has 2 aromatic heterocycles. The predicted molar refractivity (Wildman–Crippen MR) is 165 cm³/mol. The van der Waals surface area contributed by atoms with Crippen LogP contribution >= 0.6 is 11.8 Å². The number of hydrogen-bond donors (Lipinski definition) is 6. The Balaban J connectivity index is 1.19. The Kier molecular flexibility index (Phi) is 11.2. The van der Waals surface area contributed by atoms with Gasteiger partial charge in [-0.3, -0.25) is 0 Å². The number of aliphatic hydroxyl groups excluding tert-OH is 6. The van der Waals surface area contributed by atoms with Gasteiger partial charge in [0.15, 0.2) is 23.3 Å². The second kappa shape index (κ2) is 15.2. The molecule has 6 N–H and O–H groups in total. The standard InChI is InChI=1S/C32H30F4O14S/c33-15-1-3-17-13(21(15)35)5-11(29(43)47-17)9-45-27-23(39)19(7-37)49-31(25(27)41)51-32-26(42)28(24(40)20(8-38)50-32)46-10-12-6-14-18(48-30(12)44)4-2-16(34)22(14)36/h1-6,19-20,23-28,31-32,37-42H,7-10H2/t19?,20?,23-,24-,25-,26+,27?,28?,31-,32-/m0/s1. The zero-order valence-electron chi connectivity index (χ0n) is 25.9. The average Bonchev–Trinajstić information content (AvgIpc) is 3.11. The molecule has 0 bridgehead atoms. The molecule has 4 unspecified atom stereocenters. The first-order chi connectivity index (χ1) is 24.3. The van der Waals surface area contributed by atoms with E-state index in [4.69, 9.17) is 27.8 Å². The largest absolute Gasteiger partial charge is 0.422 e. The van der Waals surface area contributed by atoms with Gasteiger partial charge in [0.05, 0.1) is 48.3 Å². The minimum atomic E-state index is -1.78. The van der Waals surface area contributed by atoms with Crippen LogP contribution in [0.1, 0.15) is 11.1 Å². The third-order valence-corrected chi connectivity index (χ3v) is 9.84. The van der Waals surface area contributed by atoms with E-state index in [1.54, 1.807) is 0 Å². The summed E-state index contributed by atoms with van der Waals surface area (Å²) >= 11 is 0.576. The van der Waals surface area contributed by atoms with Crippen molar-refractivity contribution in [3.05, 3.63) is 91.6 Å². The van der Waals surface area contributed by atoms with Crippen molar-refractivity contribution in [1.29, 1.82) is 0 Å². The molecule has 0 radical (unpaired) electrons. The van der Waals surface area contributed by atoms with Crippen LogP contribution in [0.4, 0.5) is 17.6 Å². The average molecular weight is 747 g/mol. The quantitative estimate of drug-likeness (QED) is 0.0964. The number of benzene rings is 2. The summed E-state index contributed by atoms with van der Waals surface area (Å²) in [5, 5.41) is 63.0. The summed E-state index contributed by atoms with van der Waals surface area (Å²) in [7, 11) is 0. The van der Waals surface area contributed by atoms with Crippen molar-refractivity contribution in [3.8, 4) is 0 Å². The third-order valence-electron chi connectivity index (χ3n) is 8.53. The normalized spacial score (nSPS) is 29.9. The molecule has 14 nitrogen and oxygen atoms in total. The first-order valence-corrected chi connectivity index (χ1v) is 16.2. The fraction of sp³-hybridized carbons (Fsp3) is 0.438. The van der Waals surface area contributed by atoms with Crippen molar-refractivity contribution in [3.63, 3.8) is 0 Å². The summed E-state index contributed by atoms with van der Waals surface area (Å²) < 4.78 is 88.8. The van der Waals surface area contributed by atoms with E-state index in [-0.39, 0.29) is 33.1 Å². The van der Waals surface area contributed by atoms with Crippen molar-refractivity contribution in [2.75, 3.05) is 13.2 Å². The smallest absolute Gasteiger partial charge is 0.341 e. The first-order valence-electron chi connectivity index (χ1n) is 15.3. The van der Waals surface area contributed by atoms with Gasteiger partial charge in [0.1, 0.15) is 70.9 Å². The zero-order valence-corrected chi connectivity index (χ0v) is 26.8. The monoisotopic (exact) mass is 746 g/mol. The summed E-state index contributed by atoms with van der Waals surface area (Å²) in [6.45, 7) is -2.97. The van der Waals surface area contributed by atoms with Gasteiger partial charge in [-0.05, 0) is 36.4 Å². The van der Waals surface area contributed by atoms with Crippen molar-refractivity contribution < 1.29 is 76.0 Å². The van der Waals surface area contributed by atoms with Crippen molar-refractivity contribution in [2.24, 2.45) is 0 Å². The Morgan fingerprint density at radius 3 is 1.39 bits per heavy atom. The van der Waals surface area contributed by atoms with Gasteiger partial charge in [-0.2, -0.15) is 0 Å². The molecule has 4 heterocycles. The lowest BCUT2D eigenvalue weighted by Gasteiger charge is -2.46. The molecular formula is C32H30F4O14S. The minimum absolute atomic E-state index is 0.241. The van der Waals surface area contributed by atoms with E-state index in [1.807, 2.05) is 0 Å². The molecule has 2 saturated heterocycles. The second-order valence-electron chi connectivity index (χ2n) is 11.8. The van der Waals surface area contributed by atoms with Crippen LogP contribution in [-0.2, 0) is 32.2 Å². The molecule has 0 aliphatic carbocycles. The topological polar surface area (TPSA) is 219 Å². The number of ether oxygens (including phenoxy) is 4. The maximum atomic E-state index is 14.4. The maximum absolute atomic E-state index is 14.4. The molecule has 0 amide bonds. The van der Waals surface area contributed by atoms with Crippen LogP contribution in [0.2, 0.25) is 0 Å². The van der Waals surface area contributed by atoms with Gasteiger partial charge in [0.2, 0.25) is 0 Å². The molecule has 2 fully saturated rings. The molecule has 10 atom stereocenters. The number of thioether (sulfide) groups is 1. The minimum Gasteiger partial charge on any atom is -0.422 e. The van der Waals surface area contributed by atoms with Gasteiger partial charge in [0.25, 0.3) is 0 Å². The molecule has 2 aromatic carbocycles. The van der Waals surface area contributed by atoms with E-state index >= 15 is 0 Å². The molecule has 0 spiro atoms. The number of rotatable bonds is 10. The molecule has 4 aromatic rings. The molecule has 276 valence electrons. The van der Waals surface area contributed by atoms with E-state index < -0.39 is 121 Å². The van der Waals surface area contributed by atoms with Crippen molar-refractivity contribution >= 4 is 33.7 Å². The van der Waals surface area contributed by atoms with Gasteiger partial charge in [-0.1, -0.05) is 11.8 Å². The lowest BCUT2D eigenvalue weighted by Crippen LogP contribution is -2.61. The fourth-order valence-electron chi connectivity index (χ4n) is 5.77. The fourth-order valence-corrected chi connectivity index (χ4v) is 7.08. The highest BCUT2D eigenvalue weighted by molar-refractivity contribution is 8.00. The van der Waals surface area contributed by atoms with Crippen LogP contribution in [0.3, 0.4) is 0 Å². The highest BCUT2D eigenvalue weighted by Crippen LogP contribution is 2.38. The highest BCUT2D eigenvalue weighted by atomic mass is 32.2. The Labute approximate surface area is 287 Å². The van der Waals surface area contributed by atoms with Crippen molar-refractivity contribution in [2.45, 2.75) is 72.9 Å². The van der Waals surface area contributed by atoms with Gasteiger partial charge in [0, 0.05) is 0 Å². The van der Waals surface area contributed by atoms with Crippen LogP contribution in [0.25, 0.3) is 21.9 Å². The number of halogens is 4. The molecule has 6 rings (SSSR count). The Morgan fingerprint density at radius 2 is 1.02 bits per heavy atom. The van der Waals surface area contributed by atoms with E-state index in [1.165, 1.54) is 0 Å². The van der Waals surface area contributed by atoms with Crippen molar-refractivity contribution in [1.82, 2.24) is 0 Å². The van der Waals surface area contributed by atoms with Gasteiger partial charge in [-0.25, -0.2) is 27.2 Å². The van der Waals surface area contributed by atoms with Gasteiger partial charge in [-0.15, -0.1) is 0 Å². The Bertz CT molecular complexity index is 1870. The van der Waals surface area contributed by atoms with E-state index in [2.05, 4.69) is 0 Å². The SMILES string of the molecule is O=c1oc2ccc(F)c(F)c2cc1COC1[C@@H](O)C(CO)O[C@@H](S[C@@H]2OC(CO)[C@H](O)C(OCc3cc4c(F)c(F)ccc4oc3=O)[C@@H]2O)[C@@H]1O. The molecule has 2 aliphatic heterocycles. The highest BCUT2D eigenvalue weighted by Gasteiger charge is 2.51. The predicted octanol–water partition coefficient (Wildman–Crippen LogP) is 0.538. The molecule has 0 saturated carbocycles. The molecule has 19 heteroatoms. The summed E-state index contributed by atoms with van der Waals surface area (Å²) in [6.07, 6.45) is -12.9. The summed E-state index contributed by atoms with van der Waals surface area (Å²) in [5.74, 6) is -4.98. The summed E-state index contributed by atoms with van der Waals surface area (Å²) in [6, 6.07) is 5.63. The van der Waals surface area contributed by atoms with Crippen LogP contribution in [-0.4, -0.2) is 104 Å². The lowest BCUT2D eigenvalue weighted by molar-refractivity contribution is -0.231. The van der Waals surface area contributed by atoms with Gasteiger partial charge < -0.3 is 58.4 Å². The summed E-state index contributed by atoms with van der Waals surface area (Å²) in [5.41, 5.74) is -5.97. The van der Waals surface area contributed by atoms with Crippen LogP contribution in [0, 0.1) is 23.3 Å². The van der Waals surface area contributed by atoms with Crippen LogP contribution in [0.5, 0.6) is 0 Å². The number of fused-ring (bicyclic) bond motifs is 2.